The van der Waals surface area contributed by atoms with Crippen LogP contribution in [0, 0.1) is 23.7 Å². The van der Waals surface area contributed by atoms with Gasteiger partial charge in [0.1, 0.15) is 0 Å². The minimum atomic E-state index is 0.470. The largest absolute Gasteiger partial charge is 0.378 e. The van der Waals surface area contributed by atoms with Gasteiger partial charge >= 0.3 is 0 Å². The standard InChI is InChI=1S/C11H22O/c1-7(2)10-6-12-9(5)11(10)8(3)4/h7-11H,6H2,1-5H3/t9-,10?,11?/m1/s1. The summed E-state index contributed by atoms with van der Waals surface area (Å²) in [6.07, 6.45) is 0.470. The van der Waals surface area contributed by atoms with Crippen LogP contribution in [0.5, 0.6) is 0 Å². The van der Waals surface area contributed by atoms with Crippen LogP contribution in [0.4, 0.5) is 0 Å². The van der Waals surface area contributed by atoms with Gasteiger partial charge in [-0.25, -0.2) is 0 Å². The molecule has 1 aliphatic rings. The van der Waals surface area contributed by atoms with Crippen LogP contribution < -0.4 is 0 Å². The summed E-state index contributed by atoms with van der Waals surface area (Å²) in [6.45, 7) is 12.4. The molecule has 1 aliphatic heterocycles. The Morgan fingerprint density at radius 1 is 1.08 bits per heavy atom. The van der Waals surface area contributed by atoms with Crippen molar-refractivity contribution in [1.29, 1.82) is 0 Å². The van der Waals surface area contributed by atoms with Crippen LogP contribution in [0.15, 0.2) is 0 Å². The predicted octanol–water partition coefficient (Wildman–Crippen LogP) is 2.95. The molecule has 1 heteroatoms. The Morgan fingerprint density at radius 3 is 2.00 bits per heavy atom. The van der Waals surface area contributed by atoms with Crippen molar-refractivity contribution in [2.75, 3.05) is 6.61 Å². The van der Waals surface area contributed by atoms with Gasteiger partial charge in [0.2, 0.25) is 0 Å². The van der Waals surface area contributed by atoms with Gasteiger partial charge in [0.05, 0.1) is 12.7 Å². The third kappa shape index (κ3) is 1.82. The molecule has 3 atom stereocenters. The SMILES string of the molecule is CC(C)C1CO[C@H](C)C1C(C)C. The fourth-order valence-electron chi connectivity index (χ4n) is 2.51. The smallest absolute Gasteiger partial charge is 0.0581 e. The van der Waals surface area contributed by atoms with Gasteiger partial charge in [0.15, 0.2) is 0 Å². The quantitative estimate of drug-likeness (QED) is 0.619. The summed E-state index contributed by atoms with van der Waals surface area (Å²) in [7, 11) is 0. The molecule has 1 heterocycles. The summed E-state index contributed by atoms with van der Waals surface area (Å²) in [5, 5.41) is 0. The van der Waals surface area contributed by atoms with Crippen molar-refractivity contribution in [2.45, 2.75) is 40.7 Å². The molecule has 0 radical (unpaired) electrons. The summed E-state index contributed by atoms with van der Waals surface area (Å²) < 4.78 is 5.70. The van der Waals surface area contributed by atoms with Crippen molar-refractivity contribution in [3.8, 4) is 0 Å². The molecule has 2 unspecified atom stereocenters. The maximum atomic E-state index is 5.70. The topological polar surface area (TPSA) is 9.23 Å². The fraction of sp³-hybridized carbons (Fsp3) is 1.00. The van der Waals surface area contributed by atoms with Crippen LogP contribution in [0.2, 0.25) is 0 Å². The molecule has 1 fully saturated rings. The van der Waals surface area contributed by atoms with Crippen LogP contribution in [0.25, 0.3) is 0 Å². The Labute approximate surface area is 76.5 Å². The van der Waals surface area contributed by atoms with Crippen LogP contribution in [-0.2, 0) is 4.74 Å². The zero-order chi connectivity index (χ0) is 9.30. The van der Waals surface area contributed by atoms with Gasteiger partial charge in [-0.2, -0.15) is 0 Å². The monoisotopic (exact) mass is 170 g/mol. The minimum Gasteiger partial charge on any atom is -0.378 e. The molecule has 1 rings (SSSR count). The molecular weight excluding hydrogens is 148 g/mol. The molecule has 0 spiro atoms. The van der Waals surface area contributed by atoms with Gasteiger partial charge in [-0.15, -0.1) is 0 Å². The lowest BCUT2D eigenvalue weighted by Gasteiger charge is -2.26. The highest BCUT2D eigenvalue weighted by atomic mass is 16.5. The third-order valence-electron chi connectivity index (χ3n) is 3.21. The maximum absolute atomic E-state index is 5.70. The minimum absolute atomic E-state index is 0.470. The number of hydrogen-bond donors (Lipinski definition) is 0. The van der Waals surface area contributed by atoms with Gasteiger partial charge in [-0.1, -0.05) is 27.7 Å². The normalized spacial score (nSPS) is 36.8. The number of rotatable bonds is 2. The van der Waals surface area contributed by atoms with Gasteiger partial charge in [-0.05, 0) is 30.6 Å². The molecule has 12 heavy (non-hydrogen) atoms. The Balaban J connectivity index is 2.64. The van der Waals surface area contributed by atoms with E-state index >= 15 is 0 Å². The summed E-state index contributed by atoms with van der Waals surface area (Å²) in [5.74, 6) is 3.07. The summed E-state index contributed by atoms with van der Waals surface area (Å²) in [4.78, 5) is 0. The summed E-state index contributed by atoms with van der Waals surface area (Å²) >= 11 is 0. The first-order chi connectivity index (χ1) is 5.54. The second kappa shape index (κ2) is 3.78. The maximum Gasteiger partial charge on any atom is 0.0581 e. The molecule has 0 aliphatic carbocycles. The molecular formula is C11H22O. The molecule has 1 saturated heterocycles. The van der Waals surface area contributed by atoms with Crippen molar-refractivity contribution in [3.05, 3.63) is 0 Å². The number of ether oxygens (including phenoxy) is 1. The van der Waals surface area contributed by atoms with Gasteiger partial charge in [0, 0.05) is 0 Å². The highest BCUT2D eigenvalue weighted by Crippen LogP contribution is 2.37. The lowest BCUT2D eigenvalue weighted by Crippen LogP contribution is -2.26. The first-order valence-electron chi connectivity index (χ1n) is 5.15. The Hall–Kier alpha value is -0.0400. The van der Waals surface area contributed by atoms with E-state index in [0.717, 1.165) is 30.3 Å². The molecule has 0 aromatic heterocycles. The van der Waals surface area contributed by atoms with Crippen LogP contribution >= 0.6 is 0 Å². The zero-order valence-electron chi connectivity index (χ0n) is 9.00. The van der Waals surface area contributed by atoms with E-state index < -0.39 is 0 Å². The van der Waals surface area contributed by atoms with Crippen molar-refractivity contribution in [2.24, 2.45) is 23.7 Å². The third-order valence-corrected chi connectivity index (χ3v) is 3.21. The second-order valence-corrected chi connectivity index (χ2v) is 4.77. The highest BCUT2D eigenvalue weighted by molar-refractivity contribution is 4.84. The van der Waals surface area contributed by atoms with Gasteiger partial charge in [0.25, 0.3) is 0 Å². The van der Waals surface area contributed by atoms with Crippen LogP contribution in [-0.4, -0.2) is 12.7 Å². The summed E-state index contributed by atoms with van der Waals surface area (Å²) in [6, 6.07) is 0. The molecule has 0 amide bonds. The molecule has 0 N–H and O–H groups in total. The van der Waals surface area contributed by atoms with Crippen molar-refractivity contribution in [1.82, 2.24) is 0 Å². The Kier molecular flexibility index (Phi) is 3.16. The lowest BCUT2D eigenvalue weighted by atomic mass is 9.77. The predicted molar refractivity (Wildman–Crippen MR) is 52.1 cm³/mol. The van der Waals surface area contributed by atoms with Crippen molar-refractivity contribution < 1.29 is 4.74 Å². The van der Waals surface area contributed by atoms with E-state index in [4.69, 9.17) is 4.74 Å². The average molecular weight is 170 g/mol. The average Bonchev–Trinajstić information content (AvgIpc) is 2.30. The summed E-state index contributed by atoms with van der Waals surface area (Å²) in [5.41, 5.74) is 0. The fourth-order valence-corrected chi connectivity index (χ4v) is 2.51. The lowest BCUT2D eigenvalue weighted by molar-refractivity contribution is 0.0946. The van der Waals surface area contributed by atoms with Gasteiger partial charge in [-0.3, -0.25) is 0 Å². The molecule has 1 nitrogen and oxygen atoms in total. The van der Waals surface area contributed by atoms with E-state index in [0.29, 0.717) is 6.10 Å². The van der Waals surface area contributed by atoms with E-state index in [9.17, 15) is 0 Å². The van der Waals surface area contributed by atoms with Crippen molar-refractivity contribution in [3.63, 3.8) is 0 Å². The molecule has 0 bridgehead atoms. The number of hydrogen-bond acceptors (Lipinski definition) is 1. The Bertz CT molecular complexity index is 140. The van der Waals surface area contributed by atoms with Crippen LogP contribution in [0.1, 0.15) is 34.6 Å². The highest BCUT2D eigenvalue weighted by Gasteiger charge is 2.37. The van der Waals surface area contributed by atoms with Crippen molar-refractivity contribution >= 4 is 0 Å². The van der Waals surface area contributed by atoms with E-state index in [2.05, 4.69) is 34.6 Å². The first-order valence-corrected chi connectivity index (χ1v) is 5.15. The molecule has 72 valence electrons. The van der Waals surface area contributed by atoms with E-state index in [1.807, 2.05) is 0 Å². The molecule has 0 saturated carbocycles. The van der Waals surface area contributed by atoms with E-state index in [1.165, 1.54) is 0 Å². The van der Waals surface area contributed by atoms with Crippen LogP contribution in [0.3, 0.4) is 0 Å². The zero-order valence-corrected chi connectivity index (χ0v) is 9.00. The first kappa shape index (κ1) is 10.0. The molecule has 0 aromatic rings. The van der Waals surface area contributed by atoms with E-state index in [1.54, 1.807) is 0 Å². The van der Waals surface area contributed by atoms with Gasteiger partial charge < -0.3 is 4.74 Å². The molecule has 0 aromatic carbocycles. The second-order valence-electron chi connectivity index (χ2n) is 4.77. The Morgan fingerprint density at radius 2 is 1.67 bits per heavy atom. The van der Waals surface area contributed by atoms with E-state index in [-0.39, 0.29) is 0 Å².